The van der Waals surface area contributed by atoms with Gasteiger partial charge in [-0.2, -0.15) is 0 Å². The summed E-state index contributed by atoms with van der Waals surface area (Å²) in [5, 5.41) is 0.872. The Kier molecular flexibility index (Phi) is 5.15. The van der Waals surface area contributed by atoms with Crippen molar-refractivity contribution in [2.24, 2.45) is 5.92 Å². The Labute approximate surface area is 170 Å². The van der Waals surface area contributed by atoms with E-state index < -0.39 is 0 Å². The summed E-state index contributed by atoms with van der Waals surface area (Å²) in [4.78, 5) is 32.2. The molecule has 29 heavy (non-hydrogen) atoms. The van der Waals surface area contributed by atoms with E-state index in [9.17, 15) is 9.59 Å². The normalized spacial score (nSPS) is 18.9. The van der Waals surface area contributed by atoms with E-state index in [0.717, 1.165) is 34.4 Å². The Bertz CT molecular complexity index is 941. The lowest BCUT2D eigenvalue weighted by Crippen LogP contribution is -2.51. The van der Waals surface area contributed by atoms with Gasteiger partial charge in [0.1, 0.15) is 23.3 Å². The number of ether oxygens (including phenoxy) is 2. The van der Waals surface area contributed by atoms with Crippen molar-refractivity contribution in [1.82, 2.24) is 14.8 Å². The first-order chi connectivity index (χ1) is 13.9. The van der Waals surface area contributed by atoms with Crippen molar-refractivity contribution in [1.29, 1.82) is 0 Å². The molecular weight excluding hydrogens is 370 g/mol. The molecular formula is C22H29N3O4. The minimum Gasteiger partial charge on any atom is -0.493 e. The van der Waals surface area contributed by atoms with Gasteiger partial charge < -0.3 is 24.3 Å². The summed E-state index contributed by atoms with van der Waals surface area (Å²) < 4.78 is 11.8. The first kappa shape index (κ1) is 19.6. The number of carbonyl (C=O) groups is 2. The molecule has 0 saturated carbocycles. The summed E-state index contributed by atoms with van der Waals surface area (Å²) in [7, 11) is 0. The zero-order valence-electron chi connectivity index (χ0n) is 17.6. The quantitative estimate of drug-likeness (QED) is 0.858. The maximum Gasteiger partial charge on any atom is 0.270 e. The molecule has 7 heteroatoms. The van der Waals surface area contributed by atoms with Gasteiger partial charge in [-0.05, 0) is 26.0 Å². The van der Waals surface area contributed by atoms with E-state index in [-0.39, 0.29) is 23.8 Å². The highest BCUT2D eigenvalue weighted by atomic mass is 16.5. The molecule has 1 aromatic heterocycles. The van der Waals surface area contributed by atoms with E-state index in [2.05, 4.69) is 4.98 Å². The molecule has 0 aliphatic carbocycles. The lowest BCUT2D eigenvalue weighted by Gasteiger charge is -2.35. The Hall–Kier alpha value is -2.70. The summed E-state index contributed by atoms with van der Waals surface area (Å²) in [6, 6.07) is 3.89. The van der Waals surface area contributed by atoms with Gasteiger partial charge >= 0.3 is 0 Å². The number of carbonyl (C=O) groups excluding carboxylic acids is 2. The van der Waals surface area contributed by atoms with Crippen molar-refractivity contribution >= 4 is 22.7 Å². The molecule has 3 heterocycles. The number of aromatic nitrogens is 1. The zero-order valence-corrected chi connectivity index (χ0v) is 17.6. The smallest absolute Gasteiger partial charge is 0.270 e. The Morgan fingerprint density at radius 1 is 1.21 bits per heavy atom. The second kappa shape index (κ2) is 7.61. The van der Waals surface area contributed by atoms with Crippen LogP contribution in [-0.4, -0.2) is 65.5 Å². The van der Waals surface area contributed by atoms with Crippen molar-refractivity contribution < 1.29 is 19.1 Å². The number of H-pyrrole nitrogens is 1. The number of fused-ring (bicyclic) bond motifs is 3. The Balaban J connectivity index is 1.59. The molecule has 1 aromatic carbocycles. The Morgan fingerprint density at radius 2 is 1.90 bits per heavy atom. The lowest BCUT2D eigenvalue weighted by atomic mass is 10.1. The molecule has 0 radical (unpaired) electrons. The predicted octanol–water partition coefficient (Wildman–Crippen LogP) is 2.83. The van der Waals surface area contributed by atoms with Crippen LogP contribution >= 0.6 is 0 Å². The van der Waals surface area contributed by atoms with Crippen LogP contribution in [0.15, 0.2) is 12.1 Å². The Morgan fingerprint density at radius 3 is 2.55 bits per heavy atom. The lowest BCUT2D eigenvalue weighted by molar-refractivity contribution is -0.135. The number of nitrogens with one attached hydrogen (secondary N) is 1. The van der Waals surface area contributed by atoms with Crippen LogP contribution in [0.5, 0.6) is 11.5 Å². The molecule has 156 valence electrons. The number of nitrogens with zero attached hydrogens (tertiary/aromatic N) is 2. The summed E-state index contributed by atoms with van der Waals surface area (Å²) in [6.07, 6.45) is 0.943. The van der Waals surface area contributed by atoms with Crippen LogP contribution in [0.25, 0.3) is 10.9 Å². The molecule has 2 aliphatic heterocycles. The third-order valence-electron chi connectivity index (χ3n) is 5.64. The van der Waals surface area contributed by atoms with Crippen molar-refractivity contribution in [3.8, 4) is 11.5 Å². The second-order valence-electron chi connectivity index (χ2n) is 8.17. The summed E-state index contributed by atoms with van der Waals surface area (Å²) in [5.41, 5.74) is 2.46. The molecule has 2 aromatic rings. The molecule has 0 bridgehead atoms. The van der Waals surface area contributed by atoms with Crippen LogP contribution in [0.1, 0.15) is 43.7 Å². The predicted molar refractivity (Wildman–Crippen MR) is 111 cm³/mol. The highest BCUT2D eigenvalue weighted by Crippen LogP contribution is 2.41. The van der Waals surface area contributed by atoms with E-state index >= 15 is 0 Å². The van der Waals surface area contributed by atoms with E-state index in [1.165, 1.54) is 0 Å². The fraction of sp³-hybridized carbons (Fsp3) is 0.545. The standard InChI is InChI=1S/C22H29N3O4/c1-5-28-18-11-15-10-14(4)29-20(15)19-16(18)12-17(23-19)22(27)25-8-6-24(7-9-25)21(26)13(2)3/h11-14,23H,5-10H2,1-4H3. The summed E-state index contributed by atoms with van der Waals surface area (Å²) in [6.45, 7) is 10.6. The van der Waals surface area contributed by atoms with E-state index in [0.29, 0.717) is 38.5 Å². The number of hydrogen-bond acceptors (Lipinski definition) is 4. The van der Waals surface area contributed by atoms with E-state index in [4.69, 9.17) is 9.47 Å². The molecule has 1 fully saturated rings. The number of benzene rings is 1. The van der Waals surface area contributed by atoms with Gasteiger partial charge in [-0.25, -0.2) is 0 Å². The van der Waals surface area contributed by atoms with Gasteiger partial charge in [0.2, 0.25) is 5.91 Å². The van der Waals surface area contributed by atoms with Crippen LogP contribution in [0.3, 0.4) is 0 Å². The SMILES string of the molecule is CCOc1cc2c(c3[nH]c(C(=O)N4CCN(C(=O)C(C)C)CC4)cc13)OC(C)C2. The molecule has 1 saturated heterocycles. The van der Waals surface area contributed by atoms with Crippen molar-refractivity contribution in [3.63, 3.8) is 0 Å². The molecule has 0 spiro atoms. The molecule has 2 amide bonds. The van der Waals surface area contributed by atoms with Gasteiger partial charge in [-0.3, -0.25) is 9.59 Å². The molecule has 1 N–H and O–H groups in total. The number of rotatable bonds is 4. The van der Waals surface area contributed by atoms with Gasteiger partial charge in [-0.15, -0.1) is 0 Å². The van der Waals surface area contributed by atoms with E-state index in [1.807, 2.05) is 44.7 Å². The van der Waals surface area contributed by atoms with Gasteiger partial charge in [0, 0.05) is 49.5 Å². The maximum absolute atomic E-state index is 13.1. The average molecular weight is 399 g/mol. The first-order valence-corrected chi connectivity index (χ1v) is 10.4. The maximum atomic E-state index is 13.1. The fourth-order valence-electron chi connectivity index (χ4n) is 4.18. The third kappa shape index (κ3) is 3.54. The molecule has 4 rings (SSSR count). The third-order valence-corrected chi connectivity index (χ3v) is 5.64. The number of amides is 2. The minimum atomic E-state index is -0.0555. The summed E-state index contributed by atoms with van der Waals surface area (Å²) in [5.74, 6) is 1.67. The van der Waals surface area contributed by atoms with Crippen LogP contribution in [0.2, 0.25) is 0 Å². The van der Waals surface area contributed by atoms with Crippen LogP contribution in [-0.2, 0) is 11.2 Å². The van der Waals surface area contributed by atoms with Crippen molar-refractivity contribution in [2.75, 3.05) is 32.8 Å². The van der Waals surface area contributed by atoms with Gasteiger partial charge in [0.25, 0.3) is 5.91 Å². The van der Waals surface area contributed by atoms with Gasteiger partial charge in [0.05, 0.1) is 12.1 Å². The van der Waals surface area contributed by atoms with Gasteiger partial charge in [-0.1, -0.05) is 13.8 Å². The molecule has 2 aliphatic rings. The van der Waals surface area contributed by atoms with Crippen molar-refractivity contribution in [2.45, 2.75) is 40.2 Å². The van der Waals surface area contributed by atoms with Crippen LogP contribution < -0.4 is 9.47 Å². The topological polar surface area (TPSA) is 74.9 Å². The zero-order chi connectivity index (χ0) is 20.7. The van der Waals surface area contributed by atoms with Crippen LogP contribution in [0.4, 0.5) is 0 Å². The highest BCUT2D eigenvalue weighted by Gasteiger charge is 2.29. The minimum absolute atomic E-state index is 0.0209. The fourth-order valence-corrected chi connectivity index (χ4v) is 4.18. The number of piperazine rings is 1. The van der Waals surface area contributed by atoms with Gasteiger partial charge in [0.15, 0.2) is 0 Å². The van der Waals surface area contributed by atoms with E-state index in [1.54, 1.807) is 4.90 Å². The average Bonchev–Trinajstić information content (AvgIpc) is 3.30. The first-order valence-electron chi connectivity index (χ1n) is 10.4. The molecule has 7 nitrogen and oxygen atoms in total. The van der Waals surface area contributed by atoms with Crippen LogP contribution in [0, 0.1) is 5.92 Å². The molecule has 1 unspecified atom stereocenters. The largest absolute Gasteiger partial charge is 0.493 e. The van der Waals surface area contributed by atoms with Crippen molar-refractivity contribution in [3.05, 3.63) is 23.4 Å². The highest BCUT2D eigenvalue weighted by molar-refractivity contribution is 6.02. The summed E-state index contributed by atoms with van der Waals surface area (Å²) >= 11 is 0. The second-order valence-corrected chi connectivity index (χ2v) is 8.17. The molecule has 1 atom stereocenters. The number of hydrogen-bond donors (Lipinski definition) is 1. The number of aromatic amines is 1. The monoisotopic (exact) mass is 399 g/mol.